The number of hydrogen-bond acceptors (Lipinski definition) is 10. The first-order valence-electron chi connectivity index (χ1n) is 8.86. The van der Waals surface area contributed by atoms with Crippen LogP contribution in [0.4, 0.5) is 0 Å². The highest BCUT2D eigenvalue weighted by molar-refractivity contribution is 7.09. The zero-order valence-electron chi connectivity index (χ0n) is 15.8. The maximum atomic E-state index is 11.9. The molecule has 154 valence electrons. The molecule has 3 aromatic rings. The second-order valence-corrected chi connectivity index (χ2v) is 7.07. The van der Waals surface area contributed by atoms with Gasteiger partial charge in [-0.3, -0.25) is 9.59 Å². The average molecular weight is 421 g/mol. The van der Waals surface area contributed by atoms with Crippen molar-refractivity contribution in [1.82, 2.24) is 25.2 Å². The van der Waals surface area contributed by atoms with Crippen LogP contribution < -0.4 is 11.1 Å². The first-order valence-corrected chi connectivity index (χ1v) is 9.74. The number of carbonyl (C=O) groups is 2. The molecule has 0 atom stereocenters. The number of esters is 1. The molecule has 0 bridgehead atoms. The predicted octanol–water partition coefficient (Wildman–Crippen LogP) is 1.38. The molecule has 0 unspecified atom stereocenters. The molecular formula is C17H19N5O6S. The van der Waals surface area contributed by atoms with Gasteiger partial charge in [0.2, 0.25) is 5.91 Å². The van der Waals surface area contributed by atoms with E-state index in [0.29, 0.717) is 18.1 Å². The molecule has 3 heterocycles. The maximum Gasteiger partial charge on any atom is 0.437 e. The molecular weight excluding hydrogens is 402 g/mol. The van der Waals surface area contributed by atoms with E-state index >= 15 is 0 Å². The number of aromatic nitrogens is 4. The van der Waals surface area contributed by atoms with Crippen LogP contribution in [-0.2, 0) is 20.9 Å². The molecule has 0 fully saturated rings. The number of rotatable bonds is 9. The molecule has 0 aromatic carbocycles. The van der Waals surface area contributed by atoms with Gasteiger partial charge >= 0.3 is 11.7 Å². The van der Waals surface area contributed by atoms with Crippen molar-refractivity contribution in [3.05, 3.63) is 27.0 Å². The summed E-state index contributed by atoms with van der Waals surface area (Å²) in [6.45, 7) is 3.43. The van der Waals surface area contributed by atoms with Crippen molar-refractivity contribution in [2.24, 2.45) is 0 Å². The zero-order chi connectivity index (χ0) is 20.8. The van der Waals surface area contributed by atoms with Crippen LogP contribution in [0.3, 0.4) is 0 Å². The van der Waals surface area contributed by atoms with Crippen molar-refractivity contribution < 1.29 is 23.3 Å². The molecule has 29 heavy (non-hydrogen) atoms. The molecule has 0 aliphatic carbocycles. The lowest BCUT2D eigenvalue weighted by molar-refractivity contribution is -0.144. The van der Waals surface area contributed by atoms with E-state index in [1.54, 1.807) is 0 Å². The van der Waals surface area contributed by atoms with Gasteiger partial charge in [-0.2, -0.15) is 4.68 Å². The van der Waals surface area contributed by atoms with Crippen LogP contribution in [-0.4, -0.2) is 44.9 Å². The summed E-state index contributed by atoms with van der Waals surface area (Å²) < 4.78 is 16.0. The Labute approximate surface area is 168 Å². The minimum atomic E-state index is -0.838. The number of nitrogens with zero attached hydrogens (tertiary/aromatic N) is 4. The van der Waals surface area contributed by atoms with Gasteiger partial charge in [-0.1, -0.05) is 18.5 Å². The Bertz CT molecular complexity index is 1050. The highest BCUT2D eigenvalue weighted by Crippen LogP contribution is 2.25. The fourth-order valence-corrected chi connectivity index (χ4v) is 2.83. The minimum absolute atomic E-state index is 0.0938. The Morgan fingerprint density at radius 2 is 2.17 bits per heavy atom. The largest absolute Gasteiger partial charge is 0.464 e. The number of thiazole rings is 1. The van der Waals surface area contributed by atoms with Gasteiger partial charge in [0.25, 0.3) is 5.89 Å². The lowest BCUT2D eigenvalue weighted by atomic mass is 10.3. The predicted molar refractivity (Wildman–Crippen MR) is 101 cm³/mol. The third-order valence-electron chi connectivity index (χ3n) is 3.69. The molecule has 3 rings (SSSR count). The van der Waals surface area contributed by atoms with Crippen molar-refractivity contribution in [2.75, 3.05) is 13.2 Å². The van der Waals surface area contributed by atoms with Crippen LogP contribution in [0.15, 0.2) is 25.2 Å². The molecule has 0 saturated carbocycles. The molecule has 12 heteroatoms. The fourth-order valence-electron chi connectivity index (χ4n) is 2.23. The van der Waals surface area contributed by atoms with Gasteiger partial charge in [0.1, 0.15) is 18.8 Å². The van der Waals surface area contributed by atoms with E-state index < -0.39 is 24.2 Å². The van der Waals surface area contributed by atoms with E-state index in [2.05, 4.69) is 20.6 Å². The van der Waals surface area contributed by atoms with Gasteiger partial charge in [-0.25, -0.2) is 9.78 Å². The summed E-state index contributed by atoms with van der Waals surface area (Å²) in [5, 5.41) is 12.8. The van der Waals surface area contributed by atoms with Crippen molar-refractivity contribution in [3.8, 4) is 23.0 Å². The molecule has 0 aliphatic heterocycles. The highest BCUT2D eigenvalue weighted by Gasteiger charge is 2.18. The van der Waals surface area contributed by atoms with Gasteiger partial charge in [-0.15, -0.1) is 16.4 Å². The Hall–Kier alpha value is -3.28. The van der Waals surface area contributed by atoms with E-state index in [-0.39, 0.29) is 18.1 Å². The molecule has 1 N–H and O–H groups in total. The number of ether oxygens (including phenoxy) is 1. The maximum absolute atomic E-state index is 11.9. The van der Waals surface area contributed by atoms with Crippen LogP contribution in [0.25, 0.3) is 23.0 Å². The summed E-state index contributed by atoms with van der Waals surface area (Å²) in [4.78, 5) is 39.6. The van der Waals surface area contributed by atoms with Crippen LogP contribution in [0.5, 0.6) is 0 Å². The summed E-state index contributed by atoms with van der Waals surface area (Å²) in [5.41, 5.74) is 0.805. The lowest BCUT2D eigenvalue weighted by Crippen LogP contribution is -2.35. The van der Waals surface area contributed by atoms with Crippen LogP contribution >= 0.6 is 11.3 Å². The number of amides is 1. The summed E-state index contributed by atoms with van der Waals surface area (Å²) in [6, 6.07) is 1.54. The van der Waals surface area contributed by atoms with Crippen molar-refractivity contribution in [3.63, 3.8) is 0 Å². The fraction of sp³-hybridized carbons (Fsp3) is 0.412. The van der Waals surface area contributed by atoms with E-state index in [9.17, 15) is 14.4 Å². The SMILES string of the molecule is CCCCOC(=O)CNC(=O)Cn1nc(-c2cc(-c3csc(C)n3)on2)oc1=O. The molecule has 0 spiro atoms. The van der Waals surface area contributed by atoms with E-state index in [1.165, 1.54) is 17.4 Å². The zero-order valence-corrected chi connectivity index (χ0v) is 16.7. The van der Waals surface area contributed by atoms with Crippen molar-refractivity contribution >= 4 is 23.2 Å². The normalized spacial score (nSPS) is 10.8. The van der Waals surface area contributed by atoms with Crippen LogP contribution in [0, 0.1) is 6.92 Å². The topological polar surface area (TPSA) is 142 Å². The first-order chi connectivity index (χ1) is 14.0. The second-order valence-electron chi connectivity index (χ2n) is 6.01. The van der Waals surface area contributed by atoms with Crippen molar-refractivity contribution in [1.29, 1.82) is 0 Å². The first kappa shape index (κ1) is 20.5. The van der Waals surface area contributed by atoms with Gasteiger partial charge in [0, 0.05) is 11.4 Å². The van der Waals surface area contributed by atoms with E-state index in [4.69, 9.17) is 13.7 Å². The Kier molecular flexibility index (Phi) is 6.54. The molecule has 11 nitrogen and oxygen atoms in total. The molecule has 0 radical (unpaired) electrons. The molecule has 3 aromatic heterocycles. The minimum Gasteiger partial charge on any atom is -0.464 e. The molecule has 0 aliphatic rings. The van der Waals surface area contributed by atoms with E-state index in [1.807, 2.05) is 19.2 Å². The Balaban J connectivity index is 1.59. The van der Waals surface area contributed by atoms with Gasteiger partial charge in [0.05, 0.1) is 11.6 Å². The Morgan fingerprint density at radius 3 is 2.90 bits per heavy atom. The third-order valence-corrected chi connectivity index (χ3v) is 4.46. The lowest BCUT2D eigenvalue weighted by Gasteiger charge is -2.05. The second kappa shape index (κ2) is 9.28. The standard InChI is InChI=1S/C17H19N5O6S/c1-3-4-5-26-15(24)7-18-14(23)8-22-17(25)27-16(20-22)11-6-13(28-21-11)12-9-29-10(2)19-12/h6,9H,3-5,7-8H2,1-2H3,(H,18,23). The number of carbonyl (C=O) groups excluding carboxylic acids is 2. The van der Waals surface area contributed by atoms with Crippen LogP contribution in [0.1, 0.15) is 24.8 Å². The number of aryl methyl sites for hydroxylation is 1. The van der Waals surface area contributed by atoms with Gasteiger partial charge < -0.3 is 19.0 Å². The summed E-state index contributed by atoms with van der Waals surface area (Å²) in [6.07, 6.45) is 1.65. The summed E-state index contributed by atoms with van der Waals surface area (Å²) >= 11 is 1.46. The quantitative estimate of drug-likeness (QED) is 0.400. The van der Waals surface area contributed by atoms with Gasteiger partial charge in [-0.05, 0) is 13.3 Å². The summed E-state index contributed by atoms with van der Waals surface area (Å²) in [5.74, 6) is -1.66. The highest BCUT2D eigenvalue weighted by atomic mass is 32.1. The number of nitrogens with one attached hydrogen (secondary N) is 1. The Morgan fingerprint density at radius 1 is 1.34 bits per heavy atom. The number of hydrogen-bond donors (Lipinski definition) is 1. The monoisotopic (exact) mass is 421 g/mol. The molecule has 0 saturated heterocycles. The van der Waals surface area contributed by atoms with Gasteiger partial charge in [0.15, 0.2) is 11.5 Å². The molecule has 1 amide bonds. The smallest absolute Gasteiger partial charge is 0.437 e. The number of unbranched alkanes of at least 4 members (excludes halogenated alkanes) is 1. The average Bonchev–Trinajstić information content (AvgIpc) is 3.41. The third kappa shape index (κ3) is 5.38. The summed E-state index contributed by atoms with van der Waals surface area (Å²) in [7, 11) is 0. The van der Waals surface area contributed by atoms with E-state index in [0.717, 1.165) is 22.5 Å². The van der Waals surface area contributed by atoms with Crippen molar-refractivity contribution in [2.45, 2.75) is 33.2 Å². The van der Waals surface area contributed by atoms with Crippen LogP contribution in [0.2, 0.25) is 0 Å².